The van der Waals surface area contributed by atoms with Gasteiger partial charge in [-0.25, -0.2) is 0 Å². The standard InChI is InChI=1S/C8H15NO2S/c1-11-8(10)7-4-3-5-9(7)6-12-2/h7H,3-6H2,1-2H3. The van der Waals surface area contributed by atoms with Crippen LogP contribution < -0.4 is 0 Å². The third kappa shape index (κ3) is 2.14. The summed E-state index contributed by atoms with van der Waals surface area (Å²) in [5.74, 6) is 0.848. The number of nitrogens with zero attached hydrogens (tertiary/aromatic N) is 1. The van der Waals surface area contributed by atoms with E-state index < -0.39 is 0 Å². The van der Waals surface area contributed by atoms with E-state index in [1.165, 1.54) is 7.11 Å². The third-order valence-corrected chi connectivity index (χ3v) is 2.72. The van der Waals surface area contributed by atoms with Crippen LogP contribution in [0.2, 0.25) is 0 Å². The van der Waals surface area contributed by atoms with Crippen LogP contribution in [0.15, 0.2) is 0 Å². The number of rotatable bonds is 3. The first-order chi connectivity index (χ1) is 5.79. The summed E-state index contributed by atoms with van der Waals surface area (Å²) in [5, 5.41) is 0. The lowest BCUT2D eigenvalue weighted by Crippen LogP contribution is -2.36. The zero-order valence-electron chi connectivity index (χ0n) is 7.58. The van der Waals surface area contributed by atoms with E-state index in [9.17, 15) is 4.79 Å². The molecule has 1 saturated heterocycles. The van der Waals surface area contributed by atoms with Crippen molar-refractivity contribution in [2.45, 2.75) is 18.9 Å². The Balaban J connectivity index is 2.45. The van der Waals surface area contributed by atoms with Gasteiger partial charge in [0.05, 0.1) is 7.11 Å². The van der Waals surface area contributed by atoms with Crippen molar-refractivity contribution in [2.24, 2.45) is 0 Å². The van der Waals surface area contributed by atoms with Gasteiger partial charge in [-0.15, -0.1) is 11.8 Å². The second kappa shape index (κ2) is 4.72. The topological polar surface area (TPSA) is 29.5 Å². The summed E-state index contributed by atoms with van der Waals surface area (Å²) in [5.41, 5.74) is 0. The van der Waals surface area contributed by atoms with Crippen LogP contribution in [0.1, 0.15) is 12.8 Å². The highest BCUT2D eigenvalue weighted by Crippen LogP contribution is 2.19. The molecule has 1 aliphatic heterocycles. The molecule has 1 rings (SSSR count). The Bertz CT molecular complexity index is 163. The highest BCUT2D eigenvalue weighted by molar-refractivity contribution is 7.98. The molecule has 0 aliphatic carbocycles. The van der Waals surface area contributed by atoms with E-state index in [1.54, 1.807) is 11.8 Å². The normalized spacial score (nSPS) is 24.3. The average Bonchev–Trinajstić information content (AvgIpc) is 2.52. The van der Waals surface area contributed by atoms with Gasteiger partial charge in [0.25, 0.3) is 0 Å². The molecule has 0 radical (unpaired) electrons. The van der Waals surface area contributed by atoms with Gasteiger partial charge in [0.15, 0.2) is 0 Å². The number of likely N-dealkylation sites (tertiary alicyclic amines) is 1. The summed E-state index contributed by atoms with van der Waals surface area (Å²) in [7, 11) is 1.46. The quantitative estimate of drug-likeness (QED) is 0.618. The van der Waals surface area contributed by atoms with Crippen LogP contribution in [0.5, 0.6) is 0 Å². The molecule has 12 heavy (non-hydrogen) atoms. The fourth-order valence-corrected chi connectivity index (χ4v) is 2.19. The number of esters is 1. The van der Waals surface area contributed by atoms with Crippen molar-refractivity contribution in [3.8, 4) is 0 Å². The Morgan fingerprint density at radius 1 is 1.75 bits per heavy atom. The van der Waals surface area contributed by atoms with Crippen LogP contribution in [-0.4, -0.2) is 42.7 Å². The minimum absolute atomic E-state index is 0.0162. The molecule has 0 N–H and O–H groups in total. The number of hydrogen-bond acceptors (Lipinski definition) is 4. The second-order valence-electron chi connectivity index (χ2n) is 2.91. The summed E-state index contributed by atoms with van der Waals surface area (Å²) >= 11 is 1.75. The first-order valence-corrected chi connectivity index (χ1v) is 5.49. The first kappa shape index (κ1) is 9.86. The maximum Gasteiger partial charge on any atom is 0.323 e. The van der Waals surface area contributed by atoms with Gasteiger partial charge in [-0.3, -0.25) is 9.69 Å². The molecule has 1 atom stereocenters. The Morgan fingerprint density at radius 2 is 2.50 bits per heavy atom. The highest BCUT2D eigenvalue weighted by atomic mass is 32.2. The number of thioether (sulfide) groups is 1. The lowest BCUT2D eigenvalue weighted by Gasteiger charge is -2.20. The third-order valence-electron chi connectivity index (χ3n) is 2.13. The van der Waals surface area contributed by atoms with Crippen molar-refractivity contribution < 1.29 is 9.53 Å². The number of methoxy groups -OCH3 is 1. The molecular formula is C8H15NO2S. The number of carbonyl (C=O) groups excluding carboxylic acids is 1. The zero-order chi connectivity index (χ0) is 8.97. The summed E-state index contributed by atoms with van der Waals surface area (Å²) in [4.78, 5) is 13.4. The van der Waals surface area contributed by atoms with Gasteiger partial charge in [-0.05, 0) is 25.6 Å². The smallest absolute Gasteiger partial charge is 0.323 e. The van der Waals surface area contributed by atoms with Gasteiger partial charge in [0.2, 0.25) is 0 Å². The molecule has 4 heteroatoms. The van der Waals surface area contributed by atoms with Crippen molar-refractivity contribution in [1.29, 1.82) is 0 Å². The number of carbonyl (C=O) groups is 1. The Hall–Kier alpha value is -0.220. The maximum atomic E-state index is 11.2. The molecule has 70 valence electrons. The number of ether oxygens (including phenoxy) is 1. The van der Waals surface area contributed by atoms with Gasteiger partial charge in [-0.2, -0.15) is 0 Å². The molecular weight excluding hydrogens is 174 g/mol. The molecule has 1 fully saturated rings. The van der Waals surface area contributed by atoms with Gasteiger partial charge >= 0.3 is 5.97 Å². The minimum Gasteiger partial charge on any atom is -0.468 e. The summed E-state index contributed by atoms with van der Waals surface area (Å²) < 4.78 is 4.72. The lowest BCUT2D eigenvalue weighted by atomic mass is 10.2. The van der Waals surface area contributed by atoms with Crippen LogP contribution in [0.4, 0.5) is 0 Å². The molecule has 3 nitrogen and oxygen atoms in total. The Morgan fingerprint density at radius 3 is 3.08 bits per heavy atom. The van der Waals surface area contributed by atoms with Crippen LogP contribution in [0, 0.1) is 0 Å². The fourth-order valence-electron chi connectivity index (χ4n) is 1.55. The molecule has 1 unspecified atom stereocenters. The van der Waals surface area contributed by atoms with Crippen molar-refractivity contribution in [3.63, 3.8) is 0 Å². The predicted molar refractivity (Wildman–Crippen MR) is 50.1 cm³/mol. The minimum atomic E-state index is -0.0819. The molecule has 0 aromatic rings. The molecule has 0 bridgehead atoms. The second-order valence-corrected chi connectivity index (χ2v) is 3.75. The van der Waals surface area contributed by atoms with Crippen LogP contribution >= 0.6 is 11.8 Å². The van der Waals surface area contributed by atoms with Crippen molar-refractivity contribution >= 4 is 17.7 Å². The highest BCUT2D eigenvalue weighted by Gasteiger charge is 2.30. The van der Waals surface area contributed by atoms with E-state index in [1.807, 2.05) is 6.26 Å². The number of hydrogen-bond donors (Lipinski definition) is 0. The summed E-state index contributed by atoms with van der Waals surface area (Å²) in [6.45, 7) is 1.03. The van der Waals surface area contributed by atoms with Crippen molar-refractivity contribution in [2.75, 3.05) is 25.8 Å². The van der Waals surface area contributed by atoms with E-state index in [-0.39, 0.29) is 12.0 Å². The Kier molecular flexibility index (Phi) is 3.88. The van der Waals surface area contributed by atoms with Gasteiger partial charge in [-0.1, -0.05) is 0 Å². The van der Waals surface area contributed by atoms with E-state index in [4.69, 9.17) is 4.74 Å². The van der Waals surface area contributed by atoms with E-state index in [0.29, 0.717) is 0 Å². The summed E-state index contributed by atoms with van der Waals surface area (Å²) in [6.07, 6.45) is 4.11. The van der Waals surface area contributed by atoms with Crippen molar-refractivity contribution in [3.05, 3.63) is 0 Å². The predicted octanol–water partition coefficient (Wildman–Crippen LogP) is 0.944. The van der Waals surface area contributed by atoms with Gasteiger partial charge < -0.3 is 4.74 Å². The SMILES string of the molecule is COC(=O)C1CCCN1CSC. The molecule has 1 aliphatic rings. The van der Waals surface area contributed by atoms with Crippen LogP contribution in [0.3, 0.4) is 0 Å². The van der Waals surface area contributed by atoms with Crippen LogP contribution in [-0.2, 0) is 9.53 Å². The van der Waals surface area contributed by atoms with Crippen LogP contribution in [0.25, 0.3) is 0 Å². The lowest BCUT2D eigenvalue weighted by molar-refractivity contribution is -0.145. The van der Waals surface area contributed by atoms with Gasteiger partial charge in [0.1, 0.15) is 6.04 Å². The molecule has 0 amide bonds. The van der Waals surface area contributed by atoms with E-state index in [0.717, 1.165) is 25.3 Å². The van der Waals surface area contributed by atoms with E-state index in [2.05, 4.69) is 4.90 Å². The summed E-state index contributed by atoms with van der Waals surface area (Å²) in [6, 6.07) is 0.0162. The van der Waals surface area contributed by atoms with E-state index >= 15 is 0 Å². The molecule has 0 spiro atoms. The Labute approximate surface area is 77.4 Å². The molecule has 0 saturated carbocycles. The zero-order valence-corrected chi connectivity index (χ0v) is 8.39. The largest absolute Gasteiger partial charge is 0.468 e. The molecule has 0 aromatic carbocycles. The average molecular weight is 189 g/mol. The maximum absolute atomic E-state index is 11.2. The first-order valence-electron chi connectivity index (χ1n) is 4.10. The molecule has 0 aromatic heterocycles. The fraction of sp³-hybridized carbons (Fsp3) is 0.875. The monoisotopic (exact) mass is 189 g/mol. The van der Waals surface area contributed by atoms with Gasteiger partial charge in [0, 0.05) is 5.88 Å². The van der Waals surface area contributed by atoms with Crippen molar-refractivity contribution in [1.82, 2.24) is 4.90 Å². The molecule has 1 heterocycles.